The molecule has 0 fully saturated rings. The van der Waals surface area contributed by atoms with Crippen LogP contribution >= 0.6 is 0 Å². The molecule has 0 aromatic heterocycles. The van der Waals surface area contributed by atoms with Crippen LogP contribution in [0.15, 0.2) is 0 Å². The Kier molecular flexibility index (Phi) is 37.2. The van der Waals surface area contributed by atoms with Crippen molar-refractivity contribution in [3.05, 3.63) is 0 Å². The van der Waals surface area contributed by atoms with Crippen molar-refractivity contribution in [3.8, 4) is 0 Å². The average molecular weight is 623 g/mol. The summed E-state index contributed by atoms with van der Waals surface area (Å²) in [5, 5.41) is 0. The van der Waals surface area contributed by atoms with Crippen molar-refractivity contribution in [1.29, 1.82) is 0 Å². The van der Waals surface area contributed by atoms with Gasteiger partial charge >= 0.3 is 11.9 Å². The van der Waals surface area contributed by atoms with Crippen molar-refractivity contribution in [1.82, 2.24) is 0 Å². The minimum Gasteiger partial charge on any atom is -0.466 e. The zero-order chi connectivity index (χ0) is 32.0. The van der Waals surface area contributed by atoms with Gasteiger partial charge < -0.3 is 9.47 Å². The normalized spacial score (nSPS) is 11.2. The largest absolute Gasteiger partial charge is 0.466 e. The Balaban J connectivity index is 3.19. The van der Waals surface area contributed by atoms with E-state index in [1.807, 2.05) is 0 Å². The molecular weight excluding hydrogens is 544 g/mol. The fourth-order valence-corrected chi connectivity index (χ4v) is 6.00. The predicted octanol–water partition coefficient (Wildman–Crippen LogP) is 13.4. The number of carbonyl (C=O) groups excluding carboxylic acids is 2. The zero-order valence-corrected chi connectivity index (χ0v) is 30.1. The molecule has 0 bridgehead atoms. The van der Waals surface area contributed by atoms with E-state index in [1.54, 1.807) is 0 Å². The molecule has 0 aliphatic rings. The standard InChI is InChI=1S/C40H78O4/c1-3-5-7-9-11-25-29-33-37-43-39(41)35-31-27-23-21-19-17-15-13-14-16-18-20-22-24-28-32-36-40(42)44-38-34-30-26-12-10-8-6-4-2/h3-38H2,1-2H3. The van der Waals surface area contributed by atoms with E-state index < -0.39 is 0 Å². The van der Waals surface area contributed by atoms with Crippen LogP contribution in [-0.4, -0.2) is 25.2 Å². The summed E-state index contributed by atoms with van der Waals surface area (Å²) in [6.07, 6.45) is 42.0. The number of hydrogen-bond donors (Lipinski definition) is 0. The molecule has 0 unspecified atom stereocenters. The van der Waals surface area contributed by atoms with Crippen LogP contribution in [0.2, 0.25) is 0 Å². The van der Waals surface area contributed by atoms with E-state index in [2.05, 4.69) is 13.8 Å². The minimum absolute atomic E-state index is 0.00866. The monoisotopic (exact) mass is 623 g/mol. The summed E-state index contributed by atoms with van der Waals surface area (Å²) in [7, 11) is 0. The van der Waals surface area contributed by atoms with Crippen LogP contribution < -0.4 is 0 Å². The Morgan fingerprint density at radius 2 is 0.500 bits per heavy atom. The molecule has 0 aliphatic carbocycles. The van der Waals surface area contributed by atoms with Gasteiger partial charge in [-0.2, -0.15) is 0 Å². The summed E-state index contributed by atoms with van der Waals surface area (Å²) in [6, 6.07) is 0. The summed E-state index contributed by atoms with van der Waals surface area (Å²) in [6.45, 7) is 5.75. The maximum absolute atomic E-state index is 11.9. The van der Waals surface area contributed by atoms with Gasteiger partial charge in [-0.05, 0) is 25.7 Å². The van der Waals surface area contributed by atoms with Gasteiger partial charge in [-0.15, -0.1) is 0 Å². The number of carbonyl (C=O) groups is 2. The summed E-state index contributed by atoms with van der Waals surface area (Å²) >= 11 is 0. The lowest BCUT2D eigenvalue weighted by molar-refractivity contribution is -0.144. The van der Waals surface area contributed by atoms with E-state index in [-0.39, 0.29) is 11.9 Å². The Morgan fingerprint density at radius 1 is 0.295 bits per heavy atom. The fraction of sp³-hybridized carbons (Fsp3) is 0.950. The number of unbranched alkanes of at least 4 members (excludes halogenated alkanes) is 29. The van der Waals surface area contributed by atoms with Gasteiger partial charge in [0.2, 0.25) is 0 Å². The van der Waals surface area contributed by atoms with E-state index in [4.69, 9.17) is 9.47 Å². The van der Waals surface area contributed by atoms with Crippen molar-refractivity contribution >= 4 is 11.9 Å². The lowest BCUT2D eigenvalue weighted by Gasteiger charge is -2.06. The van der Waals surface area contributed by atoms with Crippen LogP contribution in [0, 0.1) is 0 Å². The van der Waals surface area contributed by atoms with Crippen LogP contribution in [0.3, 0.4) is 0 Å². The van der Waals surface area contributed by atoms with Crippen molar-refractivity contribution in [3.63, 3.8) is 0 Å². The second-order valence-corrected chi connectivity index (χ2v) is 13.5. The molecule has 262 valence electrons. The molecule has 0 saturated heterocycles. The molecule has 4 nitrogen and oxygen atoms in total. The second kappa shape index (κ2) is 38.1. The second-order valence-electron chi connectivity index (χ2n) is 13.5. The molecule has 44 heavy (non-hydrogen) atoms. The van der Waals surface area contributed by atoms with E-state index >= 15 is 0 Å². The summed E-state index contributed by atoms with van der Waals surface area (Å²) < 4.78 is 10.8. The summed E-state index contributed by atoms with van der Waals surface area (Å²) in [4.78, 5) is 23.7. The van der Waals surface area contributed by atoms with Crippen molar-refractivity contribution in [2.75, 3.05) is 13.2 Å². The SMILES string of the molecule is CCCCCCCCCCOC(=O)CCCCCCCCCCCCCCCCCCC(=O)OCCCCCCCCCC. The van der Waals surface area contributed by atoms with Crippen LogP contribution in [0.5, 0.6) is 0 Å². The zero-order valence-electron chi connectivity index (χ0n) is 30.1. The highest BCUT2D eigenvalue weighted by atomic mass is 16.5. The lowest BCUT2D eigenvalue weighted by Crippen LogP contribution is -2.05. The average Bonchev–Trinajstić information content (AvgIpc) is 3.02. The molecule has 0 aromatic carbocycles. The Bertz CT molecular complexity index is 526. The van der Waals surface area contributed by atoms with Crippen LogP contribution in [0.25, 0.3) is 0 Å². The van der Waals surface area contributed by atoms with Crippen molar-refractivity contribution in [2.45, 2.75) is 232 Å². The molecule has 0 aromatic rings. The van der Waals surface area contributed by atoms with Crippen LogP contribution in [0.1, 0.15) is 232 Å². The van der Waals surface area contributed by atoms with E-state index in [1.165, 1.54) is 167 Å². The highest BCUT2D eigenvalue weighted by Crippen LogP contribution is 2.15. The summed E-state index contributed by atoms with van der Waals surface area (Å²) in [5.41, 5.74) is 0. The highest BCUT2D eigenvalue weighted by Gasteiger charge is 2.04. The smallest absolute Gasteiger partial charge is 0.305 e. The lowest BCUT2D eigenvalue weighted by atomic mass is 10.0. The van der Waals surface area contributed by atoms with Crippen LogP contribution in [0.4, 0.5) is 0 Å². The third-order valence-corrected chi connectivity index (χ3v) is 9.03. The molecule has 0 rings (SSSR count). The quantitative estimate of drug-likeness (QED) is 0.0511. The first-order chi connectivity index (χ1) is 21.7. The summed E-state index contributed by atoms with van der Waals surface area (Å²) in [5.74, 6) is 0.0173. The minimum atomic E-state index is 0.00866. The fourth-order valence-electron chi connectivity index (χ4n) is 6.00. The number of ether oxygens (including phenoxy) is 2. The predicted molar refractivity (Wildman–Crippen MR) is 190 cm³/mol. The van der Waals surface area contributed by atoms with Crippen LogP contribution in [-0.2, 0) is 19.1 Å². The molecule has 0 N–H and O–H groups in total. The Hall–Kier alpha value is -1.06. The molecule has 0 heterocycles. The van der Waals surface area contributed by atoms with Gasteiger partial charge in [0.1, 0.15) is 0 Å². The maximum Gasteiger partial charge on any atom is 0.305 e. The number of rotatable bonds is 37. The van der Waals surface area contributed by atoms with Gasteiger partial charge in [0, 0.05) is 12.8 Å². The van der Waals surface area contributed by atoms with Gasteiger partial charge in [0.15, 0.2) is 0 Å². The Morgan fingerprint density at radius 3 is 0.750 bits per heavy atom. The number of esters is 2. The van der Waals surface area contributed by atoms with Gasteiger partial charge in [-0.3, -0.25) is 9.59 Å². The molecule has 0 aliphatic heterocycles. The van der Waals surface area contributed by atoms with Gasteiger partial charge in [0.25, 0.3) is 0 Å². The van der Waals surface area contributed by atoms with Gasteiger partial charge in [0.05, 0.1) is 13.2 Å². The van der Waals surface area contributed by atoms with E-state index in [0.29, 0.717) is 26.1 Å². The Labute approximate surface area is 276 Å². The molecule has 0 radical (unpaired) electrons. The van der Waals surface area contributed by atoms with E-state index in [9.17, 15) is 9.59 Å². The molecule has 0 atom stereocenters. The molecule has 4 heteroatoms. The molecular formula is C40H78O4. The third kappa shape index (κ3) is 37.1. The molecule has 0 spiro atoms. The maximum atomic E-state index is 11.9. The first kappa shape index (κ1) is 42.9. The number of hydrogen-bond acceptors (Lipinski definition) is 4. The van der Waals surface area contributed by atoms with E-state index in [0.717, 1.165) is 38.5 Å². The first-order valence-corrected chi connectivity index (χ1v) is 20.0. The van der Waals surface area contributed by atoms with Crippen molar-refractivity contribution in [2.24, 2.45) is 0 Å². The van der Waals surface area contributed by atoms with Crippen molar-refractivity contribution < 1.29 is 19.1 Å². The third-order valence-electron chi connectivity index (χ3n) is 9.03. The molecule has 0 amide bonds. The first-order valence-electron chi connectivity index (χ1n) is 20.0. The van der Waals surface area contributed by atoms with Gasteiger partial charge in [-0.1, -0.05) is 194 Å². The highest BCUT2D eigenvalue weighted by molar-refractivity contribution is 5.69. The molecule has 0 saturated carbocycles. The topological polar surface area (TPSA) is 52.6 Å². The van der Waals surface area contributed by atoms with Gasteiger partial charge in [-0.25, -0.2) is 0 Å².